The number of rotatable bonds is 2. The Kier molecular flexibility index (Phi) is 3.37. The molecule has 4 heteroatoms. The summed E-state index contributed by atoms with van der Waals surface area (Å²) in [5, 5.41) is 4.23. The van der Waals surface area contributed by atoms with Gasteiger partial charge in [0.2, 0.25) is 0 Å². The lowest BCUT2D eigenvalue weighted by atomic mass is 10.3. The van der Waals surface area contributed by atoms with Crippen LogP contribution in [0.4, 0.5) is 5.69 Å². The Hall–Kier alpha value is -0.0500. The van der Waals surface area contributed by atoms with Crippen molar-refractivity contribution in [3.05, 3.63) is 28.2 Å². The van der Waals surface area contributed by atoms with Gasteiger partial charge in [-0.25, -0.2) is 0 Å². The predicted octanol–water partition coefficient (Wildman–Crippen LogP) is 3.29. The zero-order chi connectivity index (χ0) is 8.27. The summed E-state index contributed by atoms with van der Waals surface area (Å²) in [4.78, 5) is 0. The zero-order valence-corrected chi connectivity index (χ0v) is 8.05. The van der Waals surface area contributed by atoms with Gasteiger partial charge in [-0.05, 0) is 18.2 Å². The van der Waals surface area contributed by atoms with Gasteiger partial charge >= 0.3 is 0 Å². The summed E-state index contributed by atoms with van der Waals surface area (Å²) in [6.45, 7) is 0. The first-order chi connectivity index (χ1) is 5.24. The van der Waals surface area contributed by atoms with Crippen molar-refractivity contribution >= 4 is 41.5 Å². The Morgan fingerprint density at radius 2 is 2.09 bits per heavy atom. The quantitative estimate of drug-likeness (QED) is 0.561. The highest BCUT2D eigenvalue weighted by Crippen LogP contribution is 2.24. The van der Waals surface area contributed by atoms with Crippen molar-refractivity contribution in [3.63, 3.8) is 0 Å². The first kappa shape index (κ1) is 9.04. The first-order valence-electron chi connectivity index (χ1n) is 3.04. The summed E-state index contributed by atoms with van der Waals surface area (Å²) in [7, 11) is 0. The molecule has 0 bridgehead atoms. The molecule has 0 aromatic heterocycles. The maximum atomic E-state index is 5.83. The lowest BCUT2D eigenvalue weighted by Crippen LogP contribution is -1.94. The van der Waals surface area contributed by atoms with Gasteiger partial charge in [0.05, 0.1) is 16.6 Å². The Labute approximate surface area is 81.1 Å². The Morgan fingerprint density at radius 3 is 2.64 bits per heavy atom. The average molecular weight is 208 g/mol. The van der Waals surface area contributed by atoms with Crippen LogP contribution >= 0.6 is 35.8 Å². The van der Waals surface area contributed by atoms with Gasteiger partial charge in [-0.1, -0.05) is 23.2 Å². The van der Waals surface area contributed by atoms with Gasteiger partial charge < -0.3 is 5.32 Å². The van der Waals surface area contributed by atoms with Gasteiger partial charge in [0, 0.05) is 5.02 Å². The third-order valence-corrected chi connectivity index (χ3v) is 1.91. The van der Waals surface area contributed by atoms with Crippen LogP contribution in [0.15, 0.2) is 18.2 Å². The van der Waals surface area contributed by atoms with Crippen LogP contribution in [-0.4, -0.2) is 5.88 Å². The number of thiol groups is 1. The van der Waals surface area contributed by atoms with Crippen molar-refractivity contribution in [2.24, 2.45) is 0 Å². The predicted molar refractivity (Wildman–Crippen MR) is 53.9 cm³/mol. The van der Waals surface area contributed by atoms with E-state index in [1.165, 1.54) is 0 Å². The molecule has 1 N–H and O–H groups in total. The summed E-state index contributed by atoms with van der Waals surface area (Å²) in [5.41, 5.74) is 0.853. The van der Waals surface area contributed by atoms with E-state index >= 15 is 0 Å². The molecule has 1 aromatic rings. The van der Waals surface area contributed by atoms with Crippen molar-refractivity contribution in [1.29, 1.82) is 0 Å². The Morgan fingerprint density at radius 1 is 1.36 bits per heavy atom. The monoisotopic (exact) mass is 207 g/mol. The van der Waals surface area contributed by atoms with Crippen LogP contribution in [-0.2, 0) is 0 Å². The summed E-state index contributed by atoms with van der Waals surface area (Å²) < 4.78 is 0. The molecule has 0 unspecified atom stereocenters. The number of anilines is 1. The van der Waals surface area contributed by atoms with Gasteiger partial charge in [-0.3, -0.25) is 0 Å². The molecule has 11 heavy (non-hydrogen) atoms. The lowest BCUT2D eigenvalue weighted by Gasteiger charge is -2.04. The molecule has 0 amide bonds. The highest BCUT2D eigenvalue weighted by Gasteiger charge is 1.97. The number of benzene rings is 1. The van der Waals surface area contributed by atoms with Crippen molar-refractivity contribution in [2.45, 2.75) is 0 Å². The van der Waals surface area contributed by atoms with E-state index in [-0.39, 0.29) is 0 Å². The van der Waals surface area contributed by atoms with Gasteiger partial charge in [0.25, 0.3) is 0 Å². The molecule has 1 aromatic carbocycles. The number of hydrogen-bond acceptors (Lipinski definition) is 2. The van der Waals surface area contributed by atoms with Crippen LogP contribution in [0.25, 0.3) is 0 Å². The number of halogens is 2. The highest BCUT2D eigenvalue weighted by atomic mass is 35.5. The smallest absolute Gasteiger partial charge is 0.0652 e. The van der Waals surface area contributed by atoms with Crippen molar-refractivity contribution in [3.8, 4) is 0 Å². The standard InChI is InChI=1S/C7H7Cl2NS/c8-5-1-2-7(10-4-11)6(9)3-5/h1-3,10-11H,4H2. The van der Waals surface area contributed by atoms with Crippen LogP contribution in [0.2, 0.25) is 10.0 Å². The van der Waals surface area contributed by atoms with Crippen LogP contribution in [0.3, 0.4) is 0 Å². The fraction of sp³-hybridized carbons (Fsp3) is 0.143. The minimum absolute atomic E-state index is 0.557. The fourth-order valence-electron chi connectivity index (χ4n) is 0.718. The molecule has 0 fully saturated rings. The van der Waals surface area contributed by atoms with Gasteiger partial charge in [-0.2, -0.15) is 12.6 Å². The molecule has 0 spiro atoms. The molecular formula is C7H7Cl2NS. The summed E-state index contributed by atoms with van der Waals surface area (Å²) in [6, 6.07) is 5.29. The Bertz CT molecular complexity index is 252. The molecule has 0 aliphatic heterocycles. The van der Waals surface area contributed by atoms with E-state index in [9.17, 15) is 0 Å². The van der Waals surface area contributed by atoms with E-state index < -0.39 is 0 Å². The SMILES string of the molecule is SCNc1ccc(Cl)cc1Cl. The van der Waals surface area contributed by atoms with Gasteiger partial charge in [0.1, 0.15) is 0 Å². The van der Waals surface area contributed by atoms with E-state index in [0.29, 0.717) is 15.9 Å². The molecule has 0 saturated heterocycles. The molecule has 0 radical (unpaired) electrons. The molecule has 1 rings (SSSR count). The second kappa shape index (κ2) is 4.10. The molecule has 0 saturated carbocycles. The second-order valence-corrected chi connectivity index (χ2v) is 3.12. The minimum atomic E-state index is 0.557. The first-order valence-corrected chi connectivity index (χ1v) is 4.42. The maximum Gasteiger partial charge on any atom is 0.0652 e. The highest BCUT2D eigenvalue weighted by molar-refractivity contribution is 7.80. The molecule has 0 aliphatic rings. The number of hydrogen-bond donors (Lipinski definition) is 2. The molecule has 0 aliphatic carbocycles. The van der Waals surface area contributed by atoms with E-state index in [1.54, 1.807) is 12.1 Å². The molecule has 1 nitrogen and oxygen atoms in total. The lowest BCUT2D eigenvalue weighted by molar-refractivity contribution is 1.47. The van der Waals surface area contributed by atoms with Crippen LogP contribution < -0.4 is 5.32 Å². The maximum absolute atomic E-state index is 5.83. The van der Waals surface area contributed by atoms with E-state index in [0.717, 1.165) is 5.69 Å². The third-order valence-electron chi connectivity index (χ3n) is 1.20. The second-order valence-electron chi connectivity index (χ2n) is 1.96. The van der Waals surface area contributed by atoms with Crippen LogP contribution in [0.1, 0.15) is 0 Å². The summed E-state index contributed by atoms with van der Waals surface area (Å²) >= 11 is 15.5. The largest absolute Gasteiger partial charge is 0.375 e. The van der Waals surface area contributed by atoms with Crippen molar-refractivity contribution < 1.29 is 0 Å². The van der Waals surface area contributed by atoms with Crippen LogP contribution in [0, 0.1) is 0 Å². The van der Waals surface area contributed by atoms with Crippen LogP contribution in [0.5, 0.6) is 0 Å². The van der Waals surface area contributed by atoms with E-state index in [4.69, 9.17) is 23.2 Å². The van der Waals surface area contributed by atoms with Gasteiger partial charge in [-0.15, -0.1) is 0 Å². The fourth-order valence-corrected chi connectivity index (χ4v) is 1.36. The Balaban J connectivity index is 2.90. The zero-order valence-electron chi connectivity index (χ0n) is 5.64. The summed E-state index contributed by atoms with van der Waals surface area (Å²) in [6.07, 6.45) is 0. The van der Waals surface area contributed by atoms with E-state index in [2.05, 4.69) is 17.9 Å². The number of nitrogens with one attached hydrogen (secondary N) is 1. The van der Waals surface area contributed by atoms with E-state index in [1.807, 2.05) is 6.07 Å². The minimum Gasteiger partial charge on any atom is -0.375 e. The molecule has 0 atom stereocenters. The third kappa shape index (κ3) is 2.47. The molecule has 0 heterocycles. The normalized spacial score (nSPS) is 9.73. The average Bonchev–Trinajstić information content (AvgIpc) is 1.95. The van der Waals surface area contributed by atoms with Crippen molar-refractivity contribution in [2.75, 3.05) is 11.2 Å². The van der Waals surface area contributed by atoms with Gasteiger partial charge in [0.15, 0.2) is 0 Å². The molecular weight excluding hydrogens is 201 g/mol. The van der Waals surface area contributed by atoms with Crippen molar-refractivity contribution in [1.82, 2.24) is 0 Å². The summed E-state index contributed by atoms with van der Waals surface area (Å²) in [5.74, 6) is 0.557. The topological polar surface area (TPSA) is 12.0 Å². The molecule has 60 valence electrons.